The number of hydrogen-bond acceptors (Lipinski definition) is 5. The molecule has 1 spiro atoms. The van der Waals surface area contributed by atoms with E-state index in [0.717, 1.165) is 18.9 Å². The Morgan fingerprint density at radius 1 is 1.04 bits per heavy atom. The second-order valence-electron chi connectivity index (χ2n) is 8.61. The highest BCUT2D eigenvalue weighted by Crippen LogP contribution is 2.54. The maximum absolute atomic E-state index is 13.1. The van der Waals surface area contributed by atoms with Crippen LogP contribution in [0, 0.1) is 5.41 Å². The number of halogens is 2. The summed E-state index contributed by atoms with van der Waals surface area (Å²) in [5.74, 6) is 1.26. The molecular formula is C20H21Cl2N5O. The van der Waals surface area contributed by atoms with Crippen LogP contribution in [0.5, 0.6) is 0 Å². The Labute approximate surface area is 173 Å². The molecule has 0 bridgehead atoms. The molecule has 0 N–H and O–H groups in total. The largest absolute Gasteiger partial charge is 0.357 e. The third kappa shape index (κ3) is 2.69. The standard InChI is InChI=1S/C20H21Cl2N5O/c1-19(2)14-15(21)24-18(22)25-16(14)27(17(19)28)12-3-4-13(23-11-12)26-9-7-20(5-6-20)8-10-26/h3-4,11H,5-10H2,1-2H3. The predicted octanol–water partition coefficient (Wildman–Crippen LogP) is 4.51. The number of fused-ring (bicyclic) bond motifs is 1. The van der Waals surface area contributed by atoms with Gasteiger partial charge in [0, 0.05) is 18.7 Å². The first kappa shape index (κ1) is 18.1. The predicted molar refractivity (Wildman–Crippen MR) is 110 cm³/mol. The zero-order valence-electron chi connectivity index (χ0n) is 15.9. The van der Waals surface area contributed by atoms with E-state index in [-0.39, 0.29) is 16.3 Å². The highest BCUT2D eigenvalue weighted by Gasteiger charge is 2.48. The Balaban J connectivity index is 1.46. The fourth-order valence-electron chi connectivity index (χ4n) is 4.40. The summed E-state index contributed by atoms with van der Waals surface area (Å²) < 4.78 is 0. The number of hydrogen-bond donors (Lipinski definition) is 0. The van der Waals surface area contributed by atoms with Gasteiger partial charge in [-0.1, -0.05) is 11.6 Å². The topological polar surface area (TPSA) is 62.2 Å². The normalized spacial score (nSPS) is 21.9. The van der Waals surface area contributed by atoms with Crippen LogP contribution in [0.2, 0.25) is 10.4 Å². The van der Waals surface area contributed by atoms with E-state index >= 15 is 0 Å². The van der Waals surface area contributed by atoms with Crippen LogP contribution in [0.1, 0.15) is 45.1 Å². The molecule has 1 aliphatic carbocycles. The summed E-state index contributed by atoms with van der Waals surface area (Å²) in [6, 6.07) is 3.89. The molecule has 146 valence electrons. The number of piperidine rings is 1. The summed E-state index contributed by atoms with van der Waals surface area (Å²) in [7, 11) is 0. The van der Waals surface area contributed by atoms with E-state index in [2.05, 4.69) is 19.9 Å². The zero-order chi connectivity index (χ0) is 19.7. The van der Waals surface area contributed by atoms with Crippen molar-refractivity contribution >= 4 is 46.4 Å². The number of amides is 1. The van der Waals surface area contributed by atoms with Gasteiger partial charge in [-0.05, 0) is 68.7 Å². The molecule has 4 heterocycles. The van der Waals surface area contributed by atoms with Crippen LogP contribution in [-0.4, -0.2) is 33.9 Å². The van der Waals surface area contributed by atoms with Crippen molar-refractivity contribution in [3.8, 4) is 0 Å². The molecule has 1 saturated heterocycles. The second kappa shape index (κ2) is 6.04. The Kier molecular flexibility index (Phi) is 3.91. The second-order valence-corrected chi connectivity index (χ2v) is 9.31. The monoisotopic (exact) mass is 417 g/mol. The van der Waals surface area contributed by atoms with Crippen molar-refractivity contribution in [2.45, 2.75) is 44.9 Å². The van der Waals surface area contributed by atoms with Crippen molar-refractivity contribution in [2.75, 3.05) is 22.9 Å². The lowest BCUT2D eigenvalue weighted by molar-refractivity contribution is -0.121. The van der Waals surface area contributed by atoms with Crippen LogP contribution in [0.15, 0.2) is 18.3 Å². The van der Waals surface area contributed by atoms with Gasteiger partial charge >= 0.3 is 0 Å². The van der Waals surface area contributed by atoms with Gasteiger partial charge in [-0.2, -0.15) is 4.98 Å². The van der Waals surface area contributed by atoms with Crippen molar-refractivity contribution in [3.05, 3.63) is 34.3 Å². The van der Waals surface area contributed by atoms with Gasteiger partial charge in [0.15, 0.2) is 5.82 Å². The Hall–Kier alpha value is -1.92. The minimum Gasteiger partial charge on any atom is -0.357 e. The lowest BCUT2D eigenvalue weighted by Gasteiger charge is -2.33. The summed E-state index contributed by atoms with van der Waals surface area (Å²) in [5.41, 5.74) is 1.05. The van der Waals surface area contributed by atoms with E-state index in [0.29, 0.717) is 22.5 Å². The van der Waals surface area contributed by atoms with E-state index in [1.807, 2.05) is 26.0 Å². The van der Waals surface area contributed by atoms with Gasteiger partial charge in [0.2, 0.25) is 11.2 Å². The first-order valence-electron chi connectivity index (χ1n) is 9.60. The fraction of sp³-hybridized carbons (Fsp3) is 0.500. The fourth-order valence-corrected chi connectivity index (χ4v) is 5.01. The number of pyridine rings is 1. The summed E-state index contributed by atoms with van der Waals surface area (Å²) >= 11 is 12.3. The highest BCUT2D eigenvalue weighted by atomic mass is 35.5. The molecule has 0 unspecified atom stereocenters. The van der Waals surface area contributed by atoms with E-state index in [9.17, 15) is 4.79 Å². The molecule has 28 heavy (non-hydrogen) atoms. The lowest BCUT2D eigenvalue weighted by Crippen LogP contribution is -2.35. The third-order valence-electron chi connectivity index (χ3n) is 6.49. The summed E-state index contributed by atoms with van der Waals surface area (Å²) in [4.78, 5) is 29.9. The molecule has 6 nitrogen and oxygen atoms in total. The van der Waals surface area contributed by atoms with Crippen LogP contribution in [0.4, 0.5) is 17.3 Å². The Bertz CT molecular complexity index is 961. The number of nitrogens with zero attached hydrogens (tertiary/aromatic N) is 5. The maximum Gasteiger partial charge on any atom is 0.243 e. The molecule has 1 amide bonds. The summed E-state index contributed by atoms with van der Waals surface area (Å²) in [5, 5.41) is 0.230. The van der Waals surface area contributed by atoms with Crippen LogP contribution >= 0.6 is 23.2 Å². The molecular weight excluding hydrogens is 397 g/mol. The molecule has 0 aromatic carbocycles. The summed E-state index contributed by atoms with van der Waals surface area (Å²) in [6.07, 6.45) is 6.98. The van der Waals surface area contributed by atoms with Gasteiger partial charge in [0.1, 0.15) is 11.0 Å². The Morgan fingerprint density at radius 3 is 2.36 bits per heavy atom. The third-order valence-corrected chi connectivity index (χ3v) is 6.93. The molecule has 2 aromatic heterocycles. The Morgan fingerprint density at radius 2 is 1.75 bits per heavy atom. The van der Waals surface area contributed by atoms with E-state index < -0.39 is 5.41 Å². The van der Waals surface area contributed by atoms with E-state index in [1.54, 1.807) is 11.1 Å². The lowest BCUT2D eigenvalue weighted by atomic mass is 9.88. The van der Waals surface area contributed by atoms with Crippen molar-refractivity contribution < 1.29 is 4.79 Å². The summed E-state index contributed by atoms with van der Waals surface area (Å²) in [6.45, 7) is 5.73. The average molecular weight is 418 g/mol. The quantitative estimate of drug-likeness (QED) is 0.530. The van der Waals surface area contributed by atoms with Crippen LogP contribution in [0.3, 0.4) is 0 Å². The SMILES string of the molecule is CC1(C)C(=O)N(c2ccc(N3CCC4(CC3)CC4)nc2)c2nc(Cl)nc(Cl)c21. The molecule has 0 atom stereocenters. The van der Waals surface area contributed by atoms with Gasteiger partial charge in [-0.25, -0.2) is 9.97 Å². The van der Waals surface area contributed by atoms with Gasteiger partial charge in [-0.15, -0.1) is 0 Å². The molecule has 2 fully saturated rings. The van der Waals surface area contributed by atoms with Crippen molar-refractivity contribution in [3.63, 3.8) is 0 Å². The molecule has 1 saturated carbocycles. The first-order chi connectivity index (χ1) is 13.3. The van der Waals surface area contributed by atoms with Crippen LogP contribution in [0.25, 0.3) is 0 Å². The van der Waals surface area contributed by atoms with Crippen molar-refractivity contribution in [1.29, 1.82) is 0 Å². The van der Waals surface area contributed by atoms with Crippen molar-refractivity contribution in [2.24, 2.45) is 5.41 Å². The van der Waals surface area contributed by atoms with Crippen molar-refractivity contribution in [1.82, 2.24) is 15.0 Å². The molecule has 5 rings (SSSR count). The van der Waals surface area contributed by atoms with E-state index in [1.165, 1.54) is 25.7 Å². The van der Waals surface area contributed by atoms with Gasteiger partial charge < -0.3 is 4.90 Å². The number of carbonyl (C=O) groups is 1. The minimum absolute atomic E-state index is 0.0196. The van der Waals surface area contributed by atoms with Gasteiger partial charge in [0.05, 0.1) is 17.3 Å². The van der Waals surface area contributed by atoms with E-state index in [4.69, 9.17) is 23.2 Å². The number of aromatic nitrogens is 3. The van der Waals surface area contributed by atoms with Crippen LogP contribution < -0.4 is 9.80 Å². The van der Waals surface area contributed by atoms with Gasteiger partial charge in [0.25, 0.3) is 0 Å². The number of rotatable bonds is 2. The average Bonchev–Trinajstić information content (AvgIpc) is 3.37. The number of carbonyl (C=O) groups excluding carboxylic acids is 1. The van der Waals surface area contributed by atoms with Crippen LogP contribution in [-0.2, 0) is 10.2 Å². The molecule has 0 radical (unpaired) electrons. The first-order valence-corrected chi connectivity index (χ1v) is 10.4. The molecule has 2 aliphatic heterocycles. The number of anilines is 3. The van der Waals surface area contributed by atoms with Gasteiger partial charge in [-0.3, -0.25) is 9.69 Å². The molecule has 3 aliphatic rings. The zero-order valence-corrected chi connectivity index (χ0v) is 17.4. The minimum atomic E-state index is -0.832. The molecule has 8 heteroatoms. The maximum atomic E-state index is 13.1. The highest BCUT2D eigenvalue weighted by molar-refractivity contribution is 6.34. The smallest absolute Gasteiger partial charge is 0.243 e. The molecule has 2 aromatic rings.